The van der Waals surface area contributed by atoms with E-state index >= 15 is 0 Å². The molecule has 0 aliphatic heterocycles. The second kappa shape index (κ2) is 22.6. The van der Waals surface area contributed by atoms with Crippen LogP contribution in [0.15, 0.2) is 0 Å². The smallest absolute Gasteiger partial charge is 0.407 e. The van der Waals surface area contributed by atoms with Crippen LogP contribution in [-0.4, -0.2) is 73.9 Å². The highest BCUT2D eigenvalue weighted by Gasteiger charge is 2.05. The Bertz CT molecular complexity index is 544. The number of ether oxygens (including phenoxy) is 3. The number of hydrogen-bond acceptors (Lipinski definition) is 8. The summed E-state index contributed by atoms with van der Waals surface area (Å²) in [5, 5.41) is 22.5. The summed E-state index contributed by atoms with van der Waals surface area (Å²) in [4.78, 5) is 44.8. The lowest BCUT2D eigenvalue weighted by Crippen LogP contribution is -2.26. The zero-order valence-electron chi connectivity index (χ0n) is 19.5. The predicted octanol–water partition coefficient (Wildman–Crippen LogP) is 2.74. The van der Waals surface area contributed by atoms with Gasteiger partial charge in [0.15, 0.2) is 0 Å². The van der Waals surface area contributed by atoms with E-state index in [0.717, 1.165) is 25.7 Å². The summed E-state index contributed by atoms with van der Waals surface area (Å²) in [5.74, 6) is -1.22. The number of rotatable bonds is 21. The molecule has 0 atom stereocenters. The van der Waals surface area contributed by atoms with E-state index in [9.17, 15) is 19.2 Å². The van der Waals surface area contributed by atoms with Crippen molar-refractivity contribution < 1.29 is 43.6 Å². The van der Waals surface area contributed by atoms with Crippen molar-refractivity contribution in [2.75, 3.05) is 39.5 Å². The Morgan fingerprint density at radius 1 is 0.576 bits per heavy atom. The predicted molar refractivity (Wildman–Crippen MR) is 120 cm³/mol. The Morgan fingerprint density at radius 2 is 1.06 bits per heavy atom. The third-order valence-corrected chi connectivity index (χ3v) is 4.48. The number of carbonyl (C=O) groups is 4. The maximum Gasteiger partial charge on any atom is 0.407 e. The number of carbonyl (C=O) groups excluding carboxylic acids is 3. The van der Waals surface area contributed by atoms with E-state index in [0.29, 0.717) is 58.2 Å². The third kappa shape index (κ3) is 23.9. The molecule has 192 valence electrons. The first-order valence-electron chi connectivity index (χ1n) is 11.7. The van der Waals surface area contributed by atoms with Gasteiger partial charge in [0.2, 0.25) is 0 Å². The average molecular weight is 477 g/mol. The fraction of sp³-hybridized carbons (Fsp3) is 0.818. The van der Waals surface area contributed by atoms with Gasteiger partial charge in [-0.15, -0.1) is 0 Å². The number of carboxylic acids is 1. The standard InChI is InChI=1S/C22H40N2O9/c25-15-7-8-17-32-21(29)23-13-5-1-2-6-14-24-22(30)33-18-10-9-16-31-20(28)12-4-3-11-19(26)27/h25H,1-18H2,(H,23,29)(H,24,30)(H,26,27). The zero-order chi connectivity index (χ0) is 24.6. The first-order chi connectivity index (χ1) is 16.0. The van der Waals surface area contributed by atoms with Gasteiger partial charge in [0.05, 0.1) is 19.8 Å². The van der Waals surface area contributed by atoms with Crippen molar-refractivity contribution in [2.24, 2.45) is 0 Å². The Balaban J connectivity index is 3.36. The van der Waals surface area contributed by atoms with Gasteiger partial charge >= 0.3 is 24.1 Å². The van der Waals surface area contributed by atoms with Crippen LogP contribution in [-0.2, 0) is 23.8 Å². The fourth-order valence-corrected chi connectivity index (χ4v) is 2.64. The van der Waals surface area contributed by atoms with Crippen molar-refractivity contribution in [3.05, 3.63) is 0 Å². The van der Waals surface area contributed by atoms with E-state index in [-0.39, 0.29) is 38.6 Å². The number of hydrogen-bond donors (Lipinski definition) is 4. The van der Waals surface area contributed by atoms with Crippen LogP contribution < -0.4 is 10.6 Å². The van der Waals surface area contributed by atoms with Crippen LogP contribution in [0.1, 0.15) is 77.0 Å². The highest BCUT2D eigenvalue weighted by Crippen LogP contribution is 2.02. The van der Waals surface area contributed by atoms with Crippen molar-refractivity contribution in [1.82, 2.24) is 10.6 Å². The highest BCUT2D eigenvalue weighted by molar-refractivity contribution is 5.69. The molecule has 2 amide bonds. The van der Waals surface area contributed by atoms with Crippen LogP contribution in [0, 0.1) is 0 Å². The van der Waals surface area contributed by atoms with Gasteiger partial charge in [-0.25, -0.2) is 9.59 Å². The molecule has 0 unspecified atom stereocenters. The number of alkyl carbamates (subject to hydrolysis) is 2. The molecule has 0 spiro atoms. The molecule has 0 aromatic heterocycles. The van der Waals surface area contributed by atoms with Gasteiger partial charge in [0.25, 0.3) is 0 Å². The van der Waals surface area contributed by atoms with Crippen LogP contribution in [0.25, 0.3) is 0 Å². The van der Waals surface area contributed by atoms with E-state index < -0.39 is 18.2 Å². The van der Waals surface area contributed by atoms with E-state index in [2.05, 4.69) is 10.6 Å². The number of unbranched alkanes of at least 4 members (excludes halogenated alkanes) is 6. The van der Waals surface area contributed by atoms with Gasteiger partial charge in [0.1, 0.15) is 0 Å². The maximum absolute atomic E-state index is 11.6. The van der Waals surface area contributed by atoms with E-state index in [1.54, 1.807) is 0 Å². The minimum atomic E-state index is -0.872. The molecular formula is C22H40N2O9. The molecular weight excluding hydrogens is 436 g/mol. The lowest BCUT2D eigenvalue weighted by atomic mass is 10.2. The summed E-state index contributed by atoms with van der Waals surface area (Å²) in [6.45, 7) is 1.94. The molecule has 0 radical (unpaired) electrons. The molecule has 0 saturated heterocycles. The Hall–Kier alpha value is -2.56. The van der Waals surface area contributed by atoms with E-state index in [1.165, 1.54) is 0 Å². The third-order valence-electron chi connectivity index (χ3n) is 4.48. The quantitative estimate of drug-likeness (QED) is 0.111. The molecule has 0 heterocycles. The van der Waals surface area contributed by atoms with E-state index in [4.69, 9.17) is 24.4 Å². The maximum atomic E-state index is 11.6. The topological polar surface area (TPSA) is 160 Å². The summed E-state index contributed by atoms with van der Waals surface area (Å²) in [5.41, 5.74) is 0. The lowest BCUT2D eigenvalue weighted by Gasteiger charge is -2.08. The van der Waals surface area contributed by atoms with Gasteiger partial charge < -0.3 is 35.1 Å². The Morgan fingerprint density at radius 3 is 1.58 bits per heavy atom. The van der Waals surface area contributed by atoms with Gasteiger partial charge in [-0.1, -0.05) is 12.8 Å². The number of carboxylic acid groups (broad SMARTS) is 1. The summed E-state index contributed by atoms with van der Waals surface area (Å²) in [6, 6.07) is 0. The highest BCUT2D eigenvalue weighted by atomic mass is 16.6. The van der Waals surface area contributed by atoms with Crippen LogP contribution in [0.5, 0.6) is 0 Å². The van der Waals surface area contributed by atoms with Crippen LogP contribution in [0.3, 0.4) is 0 Å². The molecule has 0 fully saturated rings. The normalized spacial score (nSPS) is 10.3. The summed E-state index contributed by atoms with van der Waals surface area (Å²) < 4.78 is 15.0. The lowest BCUT2D eigenvalue weighted by molar-refractivity contribution is -0.144. The van der Waals surface area contributed by atoms with Crippen molar-refractivity contribution in [1.29, 1.82) is 0 Å². The Labute approximate surface area is 195 Å². The fourth-order valence-electron chi connectivity index (χ4n) is 2.64. The molecule has 0 aliphatic carbocycles. The summed E-state index contributed by atoms with van der Waals surface area (Å²) in [7, 11) is 0. The van der Waals surface area contributed by atoms with Gasteiger partial charge in [-0.05, 0) is 51.4 Å². The van der Waals surface area contributed by atoms with Crippen molar-refractivity contribution in [3.63, 3.8) is 0 Å². The molecule has 0 rings (SSSR count). The first-order valence-corrected chi connectivity index (χ1v) is 11.7. The minimum Gasteiger partial charge on any atom is -0.481 e. The van der Waals surface area contributed by atoms with Gasteiger partial charge in [0, 0.05) is 32.5 Å². The molecule has 0 bridgehead atoms. The van der Waals surface area contributed by atoms with Crippen molar-refractivity contribution in [2.45, 2.75) is 77.0 Å². The van der Waals surface area contributed by atoms with Gasteiger partial charge in [-0.3, -0.25) is 9.59 Å². The number of aliphatic hydroxyl groups excluding tert-OH is 1. The molecule has 4 N–H and O–H groups in total. The average Bonchev–Trinajstić information content (AvgIpc) is 2.78. The number of aliphatic carboxylic acids is 1. The second-order valence-electron chi connectivity index (χ2n) is 7.50. The SMILES string of the molecule is O=C(O)CCCCC(=O)OCCCCOC(=O)NCCCCCCNC(=O)OCCCCO. The van der Waals surface area contributed by atoms with Crippen LogP contribution in [0.4, 0.5) is 9.59 Å². The van der Waals surface area contributed by atoms with Crippen molar-refractivity contribution in [3.8, 4) is 0 Å². The molecule has 0 saturated carbocycles. The molecule has 11 heteroatoms. The molecule has 0 aliphatic rings. The molecule has 0 aromatic rings. The number of aliphatic hydroxyl groups is 1. The number of amides is 2. The van der Waals surface area contributed by atoms with Crippen molar-refractivity contribution >= 4 is 24.1 Å². The Kier molecular flexibility index (Phi) is 20.9. The zero-order valence-corrected chi connectivity index (χ0v) is 19.5. The largest absolute Gasteiger partial charge is 0.481 e. The van der Waals surface area contributed by atoms with Crippen LogP contribution in [0.2, 0.25) is 0 Å². The second-order valence-corrected chi connectivity index (χ2v) is 7.50. The summed E-state index contributed by atoms with van der Waals surface area (Å²) in [6.07, 6.45) is 6.17. The molecule has 33 heavy (non-hydrogen) atoms. The monoisotopic (exact) mass is 476 g/mol. The van der Waals surface area contributed by atoms with Crippen LogP contribution >= 0.6 is 0 Å². The number of esters is 1. The molecule has 0 aromatic carbocycles. The summed E-state index contributed by atoms with van der Waals surface area (Å²) >= 11 is 0. The minimum absolute atomic E-state index is 0.0515. The molecule has 11 nitrogen and oxygen atoms in total. The van der Waals surface area contributed by atoms with Gasteiger partial charge in [-0.2, -0.15) is 0 Å². The van der Waals surface area contributed by atoms with E-state index in [1.807, 2.05) is 0 Å². The number of nitrogens with one attached hydrogen (secondary N) is 2. The first kappa shape index (κ1) is 30.4.